The second-order valence-electron chi connectivity index (χ2n) is 7.18. The van der Waals surface area contributed by atoms with Crippen molar-refractivity contribution in [3.05, 3.63) is 17.5 Å². The average molecular weight is 348 g/mol. The van der Waals surface area contributed by atoms with Crippen LogP contribution >= 0.6 is 0 Å². The quantitative estimate of drug-likeness (QED) is 0.746. The van der Waals surface area contributed by atoms with Crippen molar-refractivity contribution >= 4 is 11.9 Å². The van der Waals surface area contributed by atoms with Gasteiger partial charge in [-0.2, -0.15) is 5.10 Å². The van der Waals surface area contributed by atoms with Gasteiger partial charge in [-0.25, -0.2) is 0 Å². The van der Waals surface area contributed by atoms with Crippen LogP contribution < -0.4 is 0 Å². The van der Waals surface area contributed by atoms with Crippen LogP contribution in [-0.2, 0) is 34.2 Å². The Morgan fingerprint density at radius 1 is 1.36 bits per heavy atom. The molecule has 0 saturated carbocycles. The Kier molecular flexibility index (Phi) is 5.42. The van der Waals surface area contributed by atoms with E-state index in [9.17, 15) is 9.59 Å². The summed E-state index contributed by atoms with van der Waals surface area (Å²) in [4.78, 5) is 28.6. The Labute approximate surface area is 148 Å². The molecule has 2 aliphatic rings. The number of fused-ring (bicyclic) bond motifs is 1. The van der Waals surface area contributed by atoms with Crippen molar-refractivity contribution in [3.63, 3.8) is 0 Å². The molecule has 1 aliphatic carbocycles. The summed E-state index contributed by atoms with van der Waals surface area (Å²) in [5.74, 6) is 0.155. The topological polar surface area (TPSA) is 67.7 Å². The molecule has 1 aromatic heterocycles. The van der Waals surface area contributed by atoms with E-state index in [0.29, 0.717) is 13.0 Å². The van der Waals surface area contributed by atoms with Gasteiger partial charge in [-0.15, -0.1) is 0 Å². The Hall–Kier alpha value is -1.89. The molecule has 2 atom stereocenters. The zero-order chi connectivity index (χ0) is 18.0. The van der Waals surface area contributed by atoms with Crippen LogP contribution in [0.1, 0.15) is 31.0 Å². The van der Waals surface area contributed by atoms with Gasteiger partial charge in [0.05, 0.1) is 19.7 Å². The third-order valence-corrected chi connectivity index (χ3v) is 5.61. The van der Waals surface area contributed by atoms with E-state index in [2.05, 4.69) is 16.9 Å². The van der Waals surface area contributed by atoms with Crippen LogP contribution in [0.25, 0.3) is 0 Å². The predicted octanol–water partition coefficient (Wildman–Crippen LogP) is 0.621. The van der Waals surface area contributed by atoms with Crippen LogP contribution in [0.2, 0.25) is 0 Å². The second kappa shape index (κ2) is 7.56. The molecule has 0 unspecified atom stereocenters. The predicted molar refractivity (Wildman–Crippen MR) is 93.0 cm³/mol. The molecule has 1 saturated heterocycles. The minimum atomic E-state index is -0.181. The monoisotopic (exact) mass is 348 g/mol. The summed E-state index contributed by atoms with van der Waals surface area (Å²) < 4.78 is 6.61. The molecule has 138 valence electrons. The molecular formula is C18H28N4O3. The summed E-state index contributed by atoms with van der Waals surface area (Å²) >= 11 is 0. The lowest BCUT2D eigenvalue weighted by molar-refractivity contribution is -0.143. The van der Waals surface area contributed by atoms with E-state index in [-0.39, 0.29) is 23.8 Å². The number of carbonyl (C=O) groups is 2. The normalized spacial score (nSPS) is 24.0. The van der Waals surface area contributed by atoms with Crippen LogP contribution in [0, 0.1) is 5.92 Å². The number of amides is 1. The molecular weight excluding hydrogens is 320 g/mol. The van der Waals surface area contributed by atoms with Gasteiger partial charge in [-0.05, 0) is 25.3 Å². The van der Waals surface area contributed by atoms with E-state index in [0.717, 1.165) is 38.9 Å². The number of esters is 1. The van der Waals surface area contributed by atoms with E-state index < -0.39 is 0 Å². The Balaban J connectivity index is 1.54. The fourth-order valence-corrected chi connectivity index (χ4v) is 3.98. The largest absolute Gasteiger partial charge is 0.469 e. The molecule has 2 heterocycles. The second-order valence-corrected chi connectivity index (χ2v) is 7.18. The van der Waals surface area contributed by atoms with Gasteiger partial charge in [-0.1, -0.05) is 0 Å². The highest BCUT2D eigenvalue weighted by Crippen LogP contribution is 2.27. The number of carbonyl (C=O) groups excluding carboxylic acids is 2. The lowest BCUT2D eigenvalue weighted by atomic mass is 9.86. The number of rotatable bonds is 4. The first-order valence-corrected chi connectivity index (χ1v) is 9.09. The van der Waals surface area contributed by atoms with E-state index >= 15 is 0 Å². The summed E-state index contributed by atoms with van der Waals surface area (Å²) in [5.41, 5.74) is 2.49. The maximum atomic E-state index is 13.0. The molecule has 1 fully saturated rings. The molecule has 25 heavy (non-hydrogen) atoms. The molecule has 7 heteroatoms. The highest BCUT2D eigenvalue weighted by molar-refractivity contribution is 5.79. The molecule has 0 radical (unpaired) electrons. The number of ether oxygens (including phenoxy) is 1. The number of piperazine rings is 1. The minimum Gasteiger partial charge on any atom is -0.469 e. The van der Waals surface area contributed by atoms with E-state index in [1.54, 1.807) is 0 Å². The zero-order valence-corrected chi connectivity index (χ0v) is 15.4. The lowest BCUT2D eigenvalue weighted by Gasteiger charge is -2.41. The van der Waals surface area contributed by atoms with Crippen LogP contribution in [-0.4, -0.2) is 70.8 Å². The minimum absolute atomic E-state index is 0.0664. The Morgan fingerprint density at radius 3 is 2.88 bits per heavy atom. The molecule has 0 spiro atoms. The van der Waals surface area contributed by atoms with E-state index in [1.807, 2.05) is 22.8 Å². The van der Waals surface area contributed by atoms with Crippen molar-refractivity contribution in [1.82, 2.24) is 19.6 Å². The number of nitrogens with zero attached hydrogens (tertiary/aromatic N) is 4. The first kappa shape index (κ1) is 17.9. The average Bonchev–Trinajstić information content (AvgIpc) is 3.00. The van der Waals surface area contributed by atoms with Gasteiger partial charge < -0.3 is 9.64 Å². The summed E-state index contributed by atoms with van der Waals surface area (Å²) in [6, 6.07) is 0.262. The first-order valence-electron chi connectivity index (χ1n) is 9.09. The number of methoxy groups -OCH3 is 1. The van der Waals surface area contributed by atoms with E-state index in [4.69, 9.17) is 4.74 Å². The van der Waals surface area contributed by atoms with Crippen molar-refractivity contribution in [2.75, 3.05) is 33.3 Å². The highest BCUT2D eigenvalue weighted by atomic mass is 16.5. The van der Waals surface area contributed by atoms with E-state index in [1.165, 1.54) is 18.4 Å². The molecule has 1 amide bonds. The van der Waals surface area contributed by atoms with Crippen molar-refractivity contribution in [3.8, 4) is 0 Å². The van der Waals surface area contributed by atoms with Crippen molar-refractivity contribution in [2.24, 2.45) is 13.0 Å². The third-order valence-electron chi connectivity index (χ3n) is 5.61. The van der Waals surface area contributed by atoms with Gasteiger partial charge in [0.2, 0.25) is 5.91 Å². The van der Waals surface area contributed by atoms with Crippen LogP contribution in [0.4, 0.5) is 0 Å². The van der Waals surface area contributed by atoms with Gasteiger partial charge in [0.1, 0.15) is 0 Å². The van der Waals surface area contributed by atoms with Crippen molar-refractivity contribution in [2.45, 2.75) is 38.6 Å². The Morgan fingerprint density at radius 2 is 2.16 bits per heavy atom. The van der Waals surface area contributed by atoms with Gasteiger partial charge in [0.15, 0.2) is 0 Å². The van der Waals surface area contributed by atoms with Crippen LogP contribution in [0.5, 0.6) is 0 Å². The van der Waals surface area contributed by atoms with Crippen molar-refractivity contribution < 1.29 is 14.3 Å². The summed E-state index contributed by atoms with van der Waals surface area (Å²) in [6.07, 6.45) is 4.98. The summed E-state index contributed by atoms with van der Waals surface area (Å²) in [7, 11) is 3.37. The molecule has 0 bridgehead atoms. The molecule has 3 rings (SSSR count). The highest BCUT2D eigenvalue weighted by Gasteiger charge is 2.33. The lowest BCUT2D eigenvalue weighted by Crippen LogP contribution is -2.55. The summed E-state index contributed by atoms with van der Waals surface area (Å²) in [5, 5.41) is 4.32. The van der Waals surface area contributed by atoms with Gasteiger partial charge >= 0.3 is 5.97 Å². The number of hydrogen-bond acceptors (Lipinski definition) is 5. The van der Waals surface area contributed by atoms with Gasteiger partial charge in [0, 0.05) is 57.3 Å². The smallest absolute Gasteiger partial charge is 0.306 e. The number of hydrogen-bond donors (Lipinski definition) is 0. The van der Waals surface area contributed by atoms with Crippen LogP contribution in [0.15, 0.2) is 6.20 Å². The zero-order valence-electron chi connectivity index (χ0n) is 15.4. The molecule has 1 aliphatic heterocycles. The van der Waals surface area contributed by atoms with Crippen LogP contribution in [0.3, 0.4) is 0 Å². The van der Waals surface area contributed by atoms with Crippen molar-refractivity contribution in [1.29, 1.82) is 0 Å². The number of aryl methyl sites for hydroxylation is 2. The third kappa shape index (κ3) is 3.86. The standard InChI is InChI=1S/C18H28N4O3/c1-13-12-22(9-8-21(13)7-6-17(23)25-3)18(24)14-4-5-15-11-19-20(2)16(15)10-14/h11,13-14H,4-10,12H2,1-3H3/t13-,14+/m1/s1. The fourth-order valence-electron chi connectivity index (χ4n) is 3.98. The number of aromatic nitrogens is 2. The van der Waals surface area contributed by atoms with Gasteiger partial charge in [0.25, 0.3) is 0 Å². The van der Waals surface area contributed by atoms with Gasteiger partial charge in [-0.3, -0.25) is 19.2 Å². The summed E-state index contributed by atoms with van der Waals surface area (Å²) in [6.45, 7) is 5.09. The maximum absolute atomic E-state index is 13.0. The molecule has 7 nitrogen and oxygen atoms in total. The fraction of sp³-hybridized carbons (Fsp3) is 0.722. The first-order chi connectivity index (χ1) is 12.0. The molecule has 1 aromatic rings. The maximum Gasteiger partial charge on any atom is 0.306 e. The molecule has 0 N–H and O–H groups in total. The SMILES string of the molecule is COC(=O)CCN1CCN(C(=O)[C@H]2CCc3cnn(C)c3C2)C[C@H]1C. The Bertz CT molecular complexity index is 642. The molecule has 0 aromatic carbocycles.